The summed E-state index contributed by atoms with van der Waals surface area (Å²) in [4.78, 5) is 0. The fourth-order valence-electron chi connectivity index (χ4n) is 2.03. The number of nitrogens with zero attached hydrogens (tertiary/aromatic N) is 1. The van der Waals surface area contributed by atoms with Crippen LogP contribution in [0.1, 0.15) is 5.56 Å². The molecule has 0 atom stereocenters. The van der Waals surface area contributed by atoms with Crippen molar-refractivity contribution in [3.8, 4) is 0 Å². The molecule has 1 aromatic heterocycles. The van der Waals surface area contributed by atoms with Crippen LogP contribution in [0.25, 0.3) is 10.9 Å². The Labute approximate surface area is 106 Å². The van der Waals surface area contributed by atoms with Gasteiger partial charge in [-0.2, -0.15) is 0 Å². The summed E-state index contributed by atoms with van der Waals surface area (Å²) in [7, 11) is 0. The summed E-state index contributed by atoms with van der Waals surface area (Å²) in [5, 5.41) is 1.20. The molecule has 0 aliphatic heterocycles. The molecular weight excluding hydrogens is 222 g/mol. The summed E-state index contributed by atoms with van der Waals surface area (Å²) in [5.41, 5.74) is 2.38. The van der Waals surface area contributed by atoms with Gasteiger partial charge in [0.1, 0.15) is 6.73 Å². The molecule has 18 heavy (non-hydrogen) atoms. The number of aromatic nitrogens is 1. The Morgan fingerprint density at radius 3 is 2.83 bits per heavy atom. The highest BCUT2D eigenvalue weighted by Gasteiger charge is 1.99. The van der Waals surface area contributed by atoms with E-state index in [1.54, 1.807) is 0 Å². The van der Waals surface area contributed by atoms with Gasteiger partial charge < -0.3 is 9.30 Å². The summed E-state index contributed by atoms with van der Waals surface area (Å²) in [6.07, 6.45) is 2.05. The van der Waals surface area contributed by atoms with Gasteiger partial charge in [-0.1, -0.05) is 36.4 Å². The predicted octanol–water partition coefficient (Wildman–Crippen LogP) is 3.62. The summed E-state index contributed by atoms with van der Waals surface area (Å²) in [6.45, 7) is 1.21. The summed E-state index contributed by atoms with van der Waals surface area (Å²) in [5.74, 6) is 0. The zero-order valence-corrected chi connectivity index (χ0v) is 10.0. The first kappa shape index (κ1) is 11.1. The SMILES string of the molecule is [c]1ccc2c(c1)ccn2COCc1ccccc1. The van der Waals surface area contributed by atoms with Crippen molar-refractivity contribution in [1.29, 1.82) is 0 Å². The third-order valence-corrected chi connectivity index (χ3v) is 2.96. The molecule has 0 amide bonds. The summed E-state index contributed by atoms with van der Waals surface area (Å²) < 4.78 is 7.83. The number of benzene rings is 2. The standard InChI is InChI=1S/C16H14NO/c1-2-6-14(7-3-1)12-18-13-17-11-10-15-8-4-5-9-16(15)17/h1-3,5-11H,12-13H2. The molecule has 3 rings (SSSR count). The van der Waals surface area contributed by atoms with Gasteiger partial charge in [-0.3, -0.25) is 0 Å². The molecule has 2 heteroatoms. The average Bonchev–Trinajstić information content (AvgIpc) is 2.84. The van der Waals surface area contributed by atoms with Gasteiger partial charge in [0.15, 0.2) is 0 Å². The molecule has 0 bridgehead atoms. The first-order chi connectivity index (χ1) is 8.93. The number of ether oxygens (including phenoxy) is 1. The minimum absolute atomic E-state index is 0.572. The molecule has 0 N–H and O–H groups in total. The lowest BCUT2D eigenvalue weighted by Gasteiger charge is -2.07. The van der Waals surface area contributed by atoms with E-state index in [9.17, 15) is 0 Å². The van der Waals surface area contributed by atoms with E-state index in [4.69, 9.17) is 4.74 Å². The van der Waals surface area contributed by atoms with Gasteiger partial charge in [-0.05, 0) is 29.8 Å². The van der Waals surface area contributed by atoms with E-state index >= 15 is 0 Å². The molecule has 0 saturated carbocycles. The van der Waals surface area contributed by atoms with Crippen LogP contribution in [-0.4, -0.2) is 4.57 Å². The van der Waals surface area contributed by atoms with Crippen molar-refractivity contribution in [2.24, 2.45) is 0 Å². The molecule has 0 spiro atoms. The van der Waals surface area contributed by atoms with Crippen LogP contribution in [0.5, 0.6) is 0 Å². The van der Waals surface area contributed by atoms with Crippen molar-refractivity contribution in [2.75, 3.05) is 0 Å². The molecular formula is C16H14NO. The molecule has 2 aromatic carbocycles. The second kappa shape index (κ2) is 5.07. The van der Waals surface area contributed by atoms with Gasteiger partial charge in [-0.25, -0.2) is 0 Å². The molecule has 3 aromatic rings. The van der Waals surface area contributed by atoms with Crippen molar-refractivity contribution in [3.05, 3.63) is 72.4 Å². The number of rotatable bonds is 4. The van der Waals surface area contributed by atoms with Crippen molar-refractivity contribution in [2.45, 2.75) is 13.3 Å². The largest absolute Gasteiger partial charge is 0.356 e. The average molecular weight is 236 g/mol. The molecule has 0 saturated heterocycles. The summed E-state index contributed by atoms with van der Waals surface area (Å²) in [6, 6.07) is 21.3. The van der Waals surface area contributed by atoms with Gasteiger partial charge in [0.25, 0.3) is 0 Å². The molecule has 89 valence electrons. The van der Waals surface area contributed by atoms with Crippen molar-refractivity contribution >= 4 is 10.9 Å². The van der Waals surface area contributed by atoms with E-state index in [0.29, 0.717) is 13.3 Å². The predicted molar refractivity (Wildman–Crippen MR) is 72.0 cm³/mol. The number of hydrogen-bond donors (Lipinski definition) is 0. The second-order valence-corrected chi connectivity index (χ2v) is 4.23. The summed E-state index contributed by atoms with van der Waals surface area (Å²) >= 11 is 0. The smallest absolute Gasteiger partial charge is 0.123 e. The van der Waals surface area contributed by atoms with Crippen LogP contribution in [-0.2, 0) is 18.1 Å². The fraction of sp³-hybridized carbons (Fsp3) is 0.125. The van der Waals surface area contributed by atoms with Crippen LogP contribution in [0.3, 0.4) is 0 Å². The Bertz CT molecular complexity index is 628. The van der Waals surface area contributed by atoms with Gasteiger partial charge in [0.2, 0.25) is 0 Å². The highest BCUT2D eigenvalue weighted by atomic mass is 16.5. The third-order valence-electron chi connectivity index (χ3n) is 2.96. The van der Waals surface area contributed by atoms with E-state index < -0.39 is 0 Å². The van der Waals surface area contributed by atoms with Crippen molar-refractivity contribution in [3.63, 3.8) is 0 Å². The number of hydrogen-bond acceptors (Lipinski definition) is 1. The minimum atomic E-state index is 0.572. The van der Waals surface area contributed by atoms with Crippen LogP contribution in [0.15, 0.2) is 60.8 Å². The molecule has 0 unspecified atom stereocenters. The highest BCUT2D eigenvalue weighted by molar-refractivity contribution is 5.79. The van der Waals surface area contributed by atoms with Gasteiger partial charge in [-0.15, -0.1) is 0 Å². The lowest BCUT2D eigenvalue weighted by Crippen LogP contribution is -2.01. The van der Waals surface area contributed by atoms with Crippen LogP contribution in [0.2, 0.25) is 0 Å². The van der Waals surface area contributed by atoms with Gasteiger partial charge in [0.05, 0.1) is 12.1 Å². The Hall–Kier alpha value is -2.06. The second-order valence-electron chi connectivity index (χ2n) is 4.23. The van der Waals surface area contributed by atoms with E-state index in [-0.39, 0.29) is 0 Å². The van der Waals surface area contributed by atoms with Crippen LogP contribution >= 0.6 is 0 Å². The van der Waals surface area contributed by atoms with Gasteiger partial charge in [0, 0.05) is 11.6 Å². The maximum absolute atomic E-state index is 5.72. The quantitative estimate of drug-likeness (QED) is 0.675. The molecule has 2 nitrogen and oxygen atoms in total. The molecule has 1 heterocycles. The molecule has 0 aliphatic carbocycles. The number of fused-ring (bicyclic) bond motifs is 1. The first-order valence-electron chi connectivity index (χ1n) is 6.00. The minimum Gasteiger partial charge on any atom is -0.356 e. The lowest BCUT2D eigenvalue weighted by atomic mass is 10.2. The molecule has 1 radical (unpaired) electrons. The van der Waals surface area contributed by atoms with Crippen LogP contribution in [0.4, 0.5) is 0 Å². The Balaban J connectivity index is 1.67. The normalized spacial score (nSPS) is 10.9. The van der Waals surface area contributed by atoms with Gasteiger partial charge >= 0.3 is 0 Å². The Kier molecular flexibility index (Phi) is 3.11. The Morgan fingerprint density at radius 1 is 1.06 bits per heavy atom. The van der Waals surface area contributed by atoms with Crippen LogP contribution in [0, 0.1) is 6.07 Å². The molecule has 0 aliphatic rings. The highest BCUT2D eigenvalue weighted by Crippen LogP contribution is 2.15. The fourth-order valence-corrected chi connectivity index (χ4v) is 2.03. The van der Waals surface area contributed by atoms with Crippen molar-refractivity contribution < 1.29 is 4.74 Å². The lowest BCUT2D eigenvalue weighted by molar-refractivity contribution is 0.0668. The van der Waals surface area contributed by atoms with Crippen LogP contribution < -0.4 is 0 Å². The Morgan fingerprint density at radius 2 is 1.94 bits per heavy atom. The first-order valence-corrected chi connectivity index (χ1v) is 6.00. The zero-order valence-electron chi connectivity index (χ0n) is 10.0. The van der Waals surface area contributed by atoms with E-state index in [0.717, 1.165) is 0 Å². The maximum Gasteiger partial charge on any atom is 0.123 e. The maximum atomic E-state index is 5.72. The third kappa shape index (κ3) is 2.29. The van der Waals surface area contributed by atoms with E-state index in [1.165, 1.54) is 16.5 Å². The zero-order chi connectivity index (χ0) is 12.2. The van der Waals surface area contributed by atoms with E-state index in [2.05, 4.69) is 34.9 Å². The molecule has 0 fully saturated rings. The van der Waals surface area contributed by atoms with E-state index in [1.807, 2.05) is 36.5 Å². The van der Waals surface area contributed by atoms with Crippen molar-refractivity contribution in [1.82, 2.24) is 4.57 Å². The monoisotopic (exact) mass is 236 g/mol. The topological polar surface area (TPSA) is 14.2 Å².